The van der Waals surface area contributed by atoms with Crippen LogP contribution >= 0.6 is 23.2 Å². The number of rotatable bonds is 9. The van der Waals surface area contributed by atoms with Crippen molar-refractivity contribution in [3.63, 3.8) is 0 Å². The van der Waals surface area contributed by atoms with Crippen LogP contribution in [0.1, 0.15) is 17.5 Å². The molecule has 0 unspecified atom stereocenters. The second-order valence-electron chi connectivity index (χ2n) is 6.32. The van der Waals surface area contributed by atoms with Gasteiger partial charge in [-0.2, -0.15) is 0 Å². The average molecular weight is 397 g/mol. The van der Waals surface area contributed by atoms with Crippen molar-refractivity contribution < 1.29 is 9.47 Å². The maximum absolute atomic E-state index is 6.09. The Morgan fingerprint density at radius 2 is 1.54 bits per heavy atom. The van der Waals surface area contributed by atoms with Gasteiger partial charge in [0, 0.05) is 6.54 Å². The number of anilines is 1. The van der Waals surface area contributed by atoms with Crippen LogP contribution in [0, 0.1) is 0 Å². The zero-order valence-corrected chi connectivity index (χ0v) is 17.0. The number of hydrogen-bond acceptors (Lipinski definition) is 4. The first kappa shape index (κ1) is 20.7. The van der Waals surface area contributed by atoms with Crippen molar-refractivity contribution in [2.45, 2.75) is 19.3 Å². The van der Waals surface area contributed by atoms with Gasteiger partial charge in [-0.15, -0.1) is 0 Å². The summed E-state index contributed by atoms with van der Waals surface area (Å²) in [5.41, 5.74) is 8.56. The minimum Gasteiger partial charge on any atom is -0.493 e. The molecule has 2 aromatic carbocycles. The summed E-state index contributed by atoms with van der Waals surface area (Å²) in [5, 5.41) is 1.05. The Morgan fingerprint density at radius 1 is 0.885 bits per heavy atom. The van der Waals surface area contributed by atoms with Gasteiger partial charge < -0.3 is 20.1 Å². The molecule has 0 saturated heterocycles. The first-order chi connectivity index (χ1) is 12.4. The zero-order chi connectivity index (χ0) is 19.1. The Balaban J connectivity index is 1.80. The van der Waals surface area contributed by atoms with Gasteiger partial charge in [-0.25, -0.2) is 0 Å². The molecule has 0 fully saturated rings. The lowest BCUT2D eigenvalue weighted by Crippen LogP contribution is -2.22. The third-order valence-corrected chi connectivity index (χ3v) is 5.00. The van der Waals surface area contributed by atoms with Crippen molar-refractivity contribution in [2.75, 3.05) is 40.1 Å². The van der Waals surface area contributed by atoms with E-state index in [9.17, 15) is 0 Å². The number of halogens is 2. The number of nitrogens with two attached hydrogens (primary N) is 1. The third-order valence-electron chi connectivity index (χ3n) is 4.37. The van der Waals surface area contributed by atoms with Crippen LogP contribution in [0.3, 0.4) is 0 Å². The summed E-state index contributed by atoms with van der Waals surface area (Å²) < 4.78 is 10.6. The normalized spacial score (nSPS) is 11.0. The first-order valence-electron chi connectivity index (χ1n) is 8.57. The molecule has 0 heterocycles. The number of nitrogen functional groups attached to an aromatic ring is 1. The van der Waals surface area contributed by atoms with Crippen molar-refractivity contribution in [2.24, 2.45) is 0 Å². The van der Waals surface area contributed by atoms with Crippen LogP contribution in [0.5, 0.6) is 11.5 Å². The average Bonchev–Trinajstić information content (AvgIpc) is 2.64. The lowest BCUT2D eigenvalue weighted by Gasteiger charge is -2.17. The highest BCUT2D eigenvalue weighted by Crippen LogP contribution is 2.29. The van der Waals surface area contributed by atoms with Gasteiger partial charge in [0.2, 0.25) is 0 Å². The lowest BCUT2D eigenvalue weighted by molar-refractivity contribution is 0.332. The van der Waals surface area contributed by atoms with Gasteiger partial charge in [0.15, 0.2) is 11.5 Å². The molecule has 0 aliphatic rings. The number of ether oxygens (including phenoxy) is 2. The van der Waals surface area contributed by atoms with E-state index in [-0.39, 0.29) is 0 Å². The molecule has 6 heteroatoms. The molecule has 2 aromatic rings. The molecular formula is C20H26Cl2N2O2. The molecule has 0 aliphatic carbocycles. The molecule has 0 amide bonds. The van der Waals surface area contributed by atoms with E-state index in [4.69, 9.17) is 38.4 Å². The van der Waals surface area contributed by atoms with Crippen LogP contribution in [-0.2, 0) is 12.8 Å². The molecule has 142 valence electrons. The fourth-order valence-electron chi connectivity index (χ4n) is 2.80. The molecule has 0 radical (unpaired) electrons. The van der Waals surface area contributed by atoms with Gasteiger partial charge in [-0.1, -0.05) is 29.3 Å². The van der Waals surface area contributed by atoms with Crippen LogP contribution in [-0.4, -0.2) is 39.3 Å². The Hall–Kier alpha value is -1.62. The van der Waals surface area contributed by atoms with Gasteiger partial charge in [0.1, 0.15) is 0 Å². The predicted octanol–water partition coefficient (Wildman–Crippen LogP) is 4.70. The quantitative estimate of drug-likeness (QED) is 0.623. The summed E-state index contributed by atoms with van der Waals surface area (Å²) in [5.74, 6) is 1.52. The van der Waals surface area contributed by atoms with Crippen molar-refractivity contribution in [3.05, 3.63) is 51.5 Å². The summed E-state index contributed by atoms with van der Waals surface area (Å²) in [6.45, 7) is 1.96. The maximum Gasteiger partial charge on any atom is 0.160 e. The number of hydrogen-bond donors (Lipinski definition) is 1. The Bertz CT molecular complexity index is 715. The van der Waals surface area contributed by atoms with E-state index in [0.717, 1.165) is 49.4 Å². The van der Waals surface area contributed by atoms with Crippen LogP contribution in [0.25, 0.3) is 0 Å². The fraction of sp³-hybridized carbons (Fsp3) is 0.400. The van der Waals surface area contributed by atoms with E-state index in [1.165, 1.54) is 5.56 Å². The van der Waals surface area contributed by atoms with E-state index in [1.807, 2.05) is 24.3 Å². The summed E-state index contributed by atoms with van der Waals surface area (Å²) >= 11 is 12.2. The molecule has 26 heavy (non-hydrogen) atoms. The van der Waals surface area contributed by atoms with Crippen LogP contribution in [0.2, 0.25) is 10.0 Å². The van der Waals surface area contributed by atoms with E-state index in [1.54, 1.807) is 14.2 Å². The number of nitrogens with zero attached hydrogens (tertiary/aromatic N) is 1. The molecule has 0 aromatic heterocycles. The molecule has 2 rings (SSSR count). The SMILES string of the molecule is COc1ccc(CCN(C)CCCc2cc(Cl)c(N)c(Cl)c2)cc1OC. The number of aryl methyl sites for hydroxylation is 1. The Morgan fingerprint density at radius 3 is 2.15 bits per heavy atom. The van der Waals surface area contributed by atoms with E-state index < -0.39 is 0 Å². The predicted molar refractivity (Wildman–Crippen MR) is 110 cm³/mol. The Labute approximate surface area is 165 Å². The first-order valence-corrected chi connectivity index (χ1v) is 9.33. The molecule has 0 aliphatic heterocycles. The lowest BCUT2D eigenvalue weighted by atomic mass is 10.1. The van der Waals surface area contributed by atoms with Crippen molar-refractivity contribution in [1.82, 2.24) is 4.90 Å². The highest BCUT2D eigenvalue weighted by molar-refractivity contribution is 6.38. The number of benzene rings is 2. The molecule has 0 saturated carbocycles. The minimum absolute atomic E-state index is 0.448. The molecule has 0 atom stereocenters. The van der Waals surface area contributed by atoms with E-state index in [2.05, 4.69) is 18.0 Å². The molecule has 0 spiro atoms. The monoisotopic (exact) mass is 396 g/mol. The van der Waals surface area contributed by atoms with Gasteiger partial charge in [0.25, 0.3) is 0 Å². The standard InChI is InChI=1S/C20H26Cl2N2O2/c1-24(9-4-5-15-11-16(21)20(23)17(22)12-15)10-8-14-6-7-18(25-2)19(13-14)26-3/h6-7,11-13H,4-5,8-10,23H2,1-3H3. The highest BCUT2D eigenvalue weighted by Gasteiger charge is 2.07. The topological polar surface area (TPSA) is 47.7 Å². The summed E-state index contributed by atoms with van der Waals surface area (Å²) in [7, 11) is 5.43. The van der Waals surface area contributed by atoms with Gasteiger partial charge >= 0.3 is 0 Å². The largest absolute Gasteiger partial charge is 0.493 e. The van der Waals surface area contributed by atoms with Gasteiger partial charge in [-0.3, -0.25) is 0 Å². The molecule has 2 N–H and O–H groups in total. The van der Waals surface area contributed by atoms with Crippen LogP contribution in [0.15, 0.2) is 30.3 Å². The van der Waals surface area contributed by atoms with Crippen molar-refractivity contribution in [1.29, 1.82) is 0 Å². The number of likely N-dealkylation sites (N-methyl/N-ethyl adjacent to an activating group) is 1. The molecular weight excluding hydrogens is 371 g/mol. The summed E-state index contributed by atoms with van der Waals surface area (Å²) in [6, 6.07) is 9.85. The maximum atomic E-state index is 6.09. The summed E-state index contributed by atoms with van der Waals surface area (Å²) in [4.78, 5) is 2.32. The van der Waals surface area contributed by atoms with Crippen LogP contribution in [0.4, 0.5) is 5.69 Å². The van der Waals surface area contributed by atoms with Crippen molar-refractivity contribution >= 4 is 28.9 Å². The number of methoxy groups -OCH3 is 2. The fourth-order valence-corrected chi connectivity index (χ4v) is 3.33. The second-order valence-corrected chi connectivity index (χ2v) is 7.13. The summed E-state index contributed by atoms with van der Waals surface area (Å²) in [6.07, 6.45) is 2.90. The van der Waals surface area contributed by atoms with E-state index in [0.29, 0.717) is 15.7 Å². The second kappa shape index (κ2) is 9.91. The third kappa shape index (κ3) is 5.70. The highest BCUT2D eigenvalue weighted by atomic mass is 35.5. The van der Waals surface area contributed by atoms with Crippen molar-refractivity contribution in [3.8, 4) is 11.5 Å². The van der Waals surface area contributed by atoms with Gasteiger partial charge in [-0.05, 0) is 68.2 Å². The Kier molecular flexibility index (Phi) is 7.88. The minimum atomic E-state index is 0.448. The smallest absolute Gasteiger partial charge is 0.160 e. The van der Waals surface area contributed by atoms with Crippen LogP contribution < -0.4 is 15.2 Å². The molecule has 4 nitrogen and oxygen atoms in total. The molecule has 0 bridgehead atoms. The zero-order valence-electron chi connectivity index (χ0n) is 15.5. The van der Waals surface area contributed by atoms with E-state index >= 15 is 0 Å². The van der Waals surface area contributed by atoms with Gasteiger partial charge in [0.05, 0.1) is 30.0 Å².